The topological polar surface area (TPSA) is 112 Å². The van der Waals surface area contributed by atoms with Crippen LogP contribution in [0.2, 0.25) is 5.02 Å². The highest BCUT2D eigenvalue weighted by Crippen LogP contribution is 2.46. The number of amides is 1. The number of aromatic nitrogens is 2. The molecule has 0 spiro atoms. The van der Waals surface area contributed by atoms with Crippen LogP contribution >= 0.6 is 22.9 Å². The van der Waals surface area contributed by atoms with E-state index in [-0.39, 0.29) is 66.9 Å². The van der Waals surface area contributed by atoms with Crippen LogP contribution in [0, 0.1) is 23.0 Å². The highest BCUT2D eigenvalue weighted by atomic mass is 35.5. The first-order valence-electron chi connectivity index (χ1n) is 15.3. The number of carbonyl (C=O) groups is 1. The van der Waals surface area contributed by atoms with E-state index in [1.165, 1.54) is 18.2 Å². The molecule has 2 aromatic heterocycles. The number of likely N-dealkylation sites (tertiary alicyclic amines) is 1. The molecule has 0 aliphatic carbocycles. The summed E-state index contributed by atoms with van der Waals surface area (Å²) < 4.78 is 52.6. The highest BCUT2D eigenvalue weighted by molar-refractivity contribution is 7.23. The predicted molar refractivity (Wildman–Crippen MR) is 177 cm³/mol. The summed E-state index contributed by atoms with van der Waals surface area (Å²) in [4.78, 5) is 27.2. The first-order chi connectivity index (χ1) is 22.5. The number of nitrogens with two attached hydrogens (primary N) is 1. The molecule has 0 bridgehead atoms. The van der Waals surface area contributed by atoms with Gasteiger partial charge in [-0.2, -0.15) is 15.2 Å². The van der Waals surface area contributed by atoms with Gasteiger partial charge in [-0.1, -0.05) is 24.2 Å². The van der Waals surface area contributed by atoms with Crippen LogP contribution in [-0.2, 0) is 4.79 Å². The summed E-state index contributed by atoms with van der Waals surface area (Å²) >= 11 is 7.72. The zero-order valence-electron chi connectivity index (χ0n) is 25.5. The lowest BCUT2D eigenvalue weighted by molar-refractivity contribution is -0.125. The molecule has 7 rings (SSSR count). The van der Waals surface area contributed by atoms with Gasteiger partial charge in [0.25, 0.3) is 0 Å². The SMILES string of the molecule is C=CC(=O)N1CC[C@@H](N(C)c2nc(OC[C@@]34CCCN3C[C@H](F)C4)nc3c(F)c(-c4ccc(F)c5sc(N)c(C#N)c45)c(Cl)cc23)C1. The number of carbonyl (C=O) groups excluding carboxylic acids is 1. The Morgan fingerprint density at radius 2 is 2.15 bits per heavy atom. The normalized spacial score (nSPS) is 22.6. The fraction of sp³-hybridized carbons (Fsp3) is 0.394. The van der Waals surface area contributed by atoms with Crippen molar-refractivity contribution in [2.45, 2.75) is 43.4 Å². The van der Waals surface area contributed by atoms with Crippen molar-refractivity contribution in [3.8, 4) is 23.2 Å². The molecular formula is C33H31ClF3N7O2S. The van der Waals surface area contributed by atoms with Crippen LogP contribution in [0.5, 0.6) is 6.01 Å². The monoisotopic (exact) mass is 681 g/mol. The molecule has 3 aliphatic rings. The Morgan fingerprint density at radius 1 is 1.34 bits per heavy atom. The van der Waals surface area contributed by atoms with Crippen molar-refractivity contribution in [3.63, 3.8) is 0 Å². The second-order valence-corrected chi connectivity index (χ2v) is 13.9. The molecule has 14 heteroatoms. The third kappa shape index (κ3) is 5.14. The average molecular weight is 682 g/mol. The fourth-order valence-electron chi connectivity index (χ4n) is 7.46. The molecule has 47 heavy (non-hydrogen) atoms. The minimum atomic E-state index is -0.958. The molecule has 3 aliphatic heterocycles. The molecule has 0 radical (unpaired) electrons. The Bertz CT molecular complexity index is 2000. The number of hydrogen-bond donors (Lipinski definition) is 1. The van der Waals surface area contributed by atoms with E-state index < -0.39 is 23.3 Å². The van der Waals surface area contributed by atoms with Crippen molar-refractivity contribution in [2.75, 3.05) is 50.5 Å². The van der Waals surface area contributed by atoms with Crippen molar-refractivity contribution in [2.24, 2.45) is 0 Å². The average Bonchev–Trinajstić information content (AvgIpc) is 3.82. The predicted octanol–water partition coefficient (Wildman–Crippen LogP) is 6.08. The van der Waals surface area contributed by atoms with Crippen molar-refractivity contribution in [1.82, 2.24) is 19.8 Å². The van der Waals surface area contributed by atoms with E-state index in [9.17, 15) is 18.8 Å². The lowest BCUT2D eigenvalue weighted by Crippen LogP contribution is -2.43. The summed E-state index contributed by atoms with van der Waals surface area (Å²) in [6.45, 7) is 5.75. The second-order valence-electron chi connectivity index (χ2n) is 12.4. The summed E-state index contributed by atoms with van der Waals surface area (Å²) in [5.41, 5.74) is 5.62. The number of thiophene rings is 1. The van der Waals surface area contributed by atoms with E-state index in [0.29, 0.717) is 43.7 Å². The number of benzene rings is 2. The number of ether oxygens (including phenoxy) is 1. The third-order valence-corrected chi connectivity index (χ3v) is 11.1. The van der Waals surface area contributed by atoms with Crippen LogP contribution in [0.15, 0.2) is 30.9 Å². The second kappa shape index (κ2) is 11.8. The summed E-state index contributed by atoms with van der Waals surface area (Å²) in [6.07, 6.45) is 2.97. The van der Waals surface area contributed by atoms with Gasteiger partial charge in [-0.3, -0.25) is 9.69 Å². The van der Waals surface area contributed by atoms with Crippen LogP contribution < -0.4 is 15.4 Å². The Kier molecular flexibility index (Phi) is 7.93. The number of nitrogen functional groups attached to an aromatic ring is 1. The molecular weight excluding hydrogens is 651 g/mol. The standard InChI is InChI=1S/C33H31ClF3N7O2S/c1-3-24(45)43-10-7-18(15-43)42(2)31-20-11-22(34)26(19-5-6-23(36)29-25(19)21(13-38)30(39)47-29)27(37)28(20)40-32(41-31)46-16-33-8-4-9-44(33)14-17(35)12-33/h3,5-6,11,17-18H,1,4,7-10,12,14-16,39H2,2H3/t17-,18-,33+/m1/s1. The number of hydrogen-bond acceptors (Lipinski definition) is 9. The van der Waals surface area contributed by atoms with Crippen molar-refractivity contribution >= 4 is 60.7 Å². The summed E-state index contributed by atoms with van der Waals surface area (Å²) in [5.74, 6) is -1.25. The molecule has 3 saturated heterocycles. The van der Waals surface area contributed by atoms with Crippen LogP contribution in [0.1, 0.15) is 31.2 Å². The maximum atomic E-state index is 16.9. The number of nitrogens with zero attached hydrogens (tertiary/aromatic N) is 6. The summed E-state index contributed by atoms with van der Waals surface area (Å²) in [7, 11) is 1.80. The fourth-order valence-corrected chi connectivity index (χ4v) is 8.70. The molecule has 0 unspecified atom stereocenters. The van der Waals surface area contributed by atoms with Gasteiger partial charge in [0.2, 0.25) is 5.91 Å². The van der Waals surface area contributed by atoms with Gasteiger partial charge in [0.1, 0.15) is 41.0 Å². The largest absolute Gasteiger partial charge is 0.461 e. The number of likely N-dealkylation sites (N-methyl/N-ethyl adjacent to an activating group) is 1. The lowest BCUT2D eigenvalue weighted by Gasteiger charge is -2.31. The summed E-state index contributed by atoms with van der Waals surface area (Å²) in [5, 5.41) is 10.4. The summed E-state index contributed by atoms with van der Waals surface area (Å²) in [6, 6.07) is 5.86. The van der Waals surface area contributed by atoms with Crippen LogP contribution in [0.25, 0.3) is 32.1 Å². The van der Waals surface area contributed by atoms with Gasteiger partial charge >= 0.3 is 6.01 Å². The molecule has 2 aromatic carbocycles. The smallest absolute Gasteiger partial charge is 0.319 e. The first-order valence-corrected chi connectivity index (χ1v) is 16.5. The zero-order valence-corrected chi connectivity index (χ0v) is 27.1. The zero-order chi connectivity index (χ0) is 33.2. The molecule has 9 nitrogen and oxygen atoms in total. The highest BCUT2D eigenvalue weighted by Gasteiger charge is 2.49. The van der Waals surface area contributed by atoms with Gasteiger partial charge in [0, 0.05) is 55.5 Å². The molecule has 5 heterocycles. The number of alkyl halides is 1. The molecule has 0 saturated carbocycles. The first kappa shape index (κ1) is 31.5. The van der Waals surface area contributed by atoms with Crippen molar-refractivity contribution in [1.29, 1.82) is 5.26 Å². The van der Waals surface area contributed by atoms with Gasteiger partial charge in [-0.05, 0) is 49.6 Å². The Balaban J connectivity index is 1.37. The minimum absolute atomic E-state index is 0.00111. The Hall–Kier alpha value is -4.12. The van der Waals surface area contributed by atoms with E-state index in [4.69, 9.17) is 27.1 Å². The van der Waals surface area contributed by atoms with E-state index in [1.807, 2.05) is 11.0 Å². The van der Waals surface area contributed by atoms with Crippen molar-refractivity contribution in [3.05, 3.63) is 53.1 Å². The lowest BCUT2D eigenvalue weighted by atomic mass is 9.95. The quantitative estimate of drug-likeness (QED) is 0.234. The maximum absolute atomic E-state index is 16.9. The van der Waals surface area contributed by atoms with Gasteiger partial charge in [-0.25, -0.2) is 13.2 Å². The third-order valence-electron chi connectivity index (χ3n) is 9.80. The number of rotatable bonds is 7. The number of halogens is 4. The van der Waals surface area contributed by atoms with E-state index in [0.717, 1.165) is 30.7 Å². The van der Waals surface area contributed by atoms with Crippen molar-refractivity contribution < 1.29 is 22.7 Å². The minimum Gasteiger partial charge on any atom is -0.461 e. The van der Waals surface area contributed by atoms with Crippen LogP contribution in [0.3, 0.4) is 0 Å². The maximum Gasteiger partial charge on any atom is 0.319 e. The number of anilines is 2. The number of nitriles is 1. The Labute approximate surface area is 278 Å². The van der Waals surface area contributed by atoms with Gasteiger partial charge in [0.15, 0.2) is 5.82 Å². The van der Waals surface area contributed by atoms with E-state index in [1.54, 1.807) is 18.0 Å². The van der Waals surface area contributed by atoms with E-state index in [2.05, 4.69) is 16.5 Å². The van der Waals surface area contributed by atoms with Gasteiger partial charge in [-0.15, -0.1) is 11.3 Å². The molecule has 1 amide bonds. The molecule has 2 N–H and O–H groups in total. The van der Waals surface area contributed by atoms with Gasteiger partial charge < -0.3 is 20.3 Å². The van der Waals surface area contributed by atoms with Crippen LogP contribution in [0.4, 0.5) is 24.0 Å². The molecule has 3 atom stereocenters. The molecule has 3 fully saturated rings. The molecule has 244 valence electrons. The molecule has 4 aromatic rings. The van der Waals surface area contributed by atoms with E-state index >= 15 is 4.39 Å². The van der Waals surface area contributed by atoms with Crippen LogP contribution in [-0.4, -0.2) is 83.3 Å². The Morgan fingerprint density at radius 3 is 2.91 bits per heavy atom. The van der Waals surface area contributed by atoms with Gasteiger partial charge in [0.05, 0.1) is 20.8 Å². The number of fused-ring (bicyclic) bond motifs is 3.